The van der Waals surface area contributed by atoms with Gasteiger partial charge in [0.1, 0.15) is 13.1 Å². The zero-order valence-corrected chi connectivity index (χ0v) is 13.3. The molecule has 0 radical (unpaired) electrons. The fourth-order valence-electron chi connectivity index (χ4n) is 2.64. The number of nitrogens with one attached hydrogen (secondary N) is 1. The van der Waals surface area contributed by atoms with Crippen LogP contribution in [-0.2, 0) is 0 Å². The van der Waals surface area contributed by atoms with Crippen LogP contribution in [0.2, 0.25) is 5.02 Å². The Kier molecular flexibility index (Phi) is 4.29. The molecule has 114 valence electrons. The molecule has 3 rings (SSSR count). The Labute approximate surface area is 135 Å². The van der Waals surface area contributed by atoms with Crippen molar-refractivity contribution in [1.29, 1.82) is 0 Å². The minimum Gasteiger partial charge on any atom is -0.331 e. The number of H-pyrrole nitrogens is 1. The molecule has 5 heteroatoms. The van der Waals surface area contributed by atoms with Crippen LogP contribution in [0.4, 0.5) is 5.82 Å². The summed E-state index contributed by atoms with van der Waals surface area (Å²) in [6.07, 6.45) is 1.92. The standard InChI is InChI=1S/C17H18ClN3O/c1-13-5-6-14(12-15(13)18)17(22)21-10-8-20(9-11-21)16-4-2-3-7-19-16/h2-7,12H,8-11H2,1H3/p+1. The third kappa shape index (κ3) is 3.07. The van der Waals surface area contributed by atoms with E-state index in [9.17, 15) is 4.79 Å². The molecule has 0 bridgehead atoms. The maximum Gasteiger partial charge on any atom is 0.274 e. The lowest BCUT2D eigenvalue weighted by Crippen LogP contribution is -2.50. The second-order valence-corrected chi connectivity index (χ2v) is 5.90. The molecule has 1 fully saturated rings. The molecular weight excluding hydrogens is 298 g/mol. The molecule has 4 nitrogen and oxygen atoms in total. The van der Waals surface area contributed by atoms with Crippen molar-refractivity contribution in [3.05, 3.63) is 58.7 Å². The summed E-state index contributed by atoms with van der Waals surface area (Å²) in [5.41, 5.74) is 1.65. The van der Waals surface area contributed by atoms with Crippen LogP contribution < -0.4 is 9.88 Å². The van der Waals surface area contributed by atoms with Crippen molar-refractivity contribution in [3.8, 4) is 0 Å². The second-order valence-electron chi connectivity index (χ2n) is 5.49. The van der Waals surface area contributed by atoms with Gasteiger partial charge in [0.05, 0.1) is 19.3 Å². The van der Waals surface area contributed by atoms with Crippen LogP contribution in [0.5, 0.6) is 0 Å². The topological polar surface area (TPSA) is 37.7 Å². The van der Waals surface area contributed by atoms with Gasteiger partial charge in [-0.2, -0.15) is 0 Å². The highest BCUT2D eigenvalue weighted by Crippen LogP contribution is 2.19. The van der Waals surface area contributed by atoms with Gasteiger partial charge >= 0.3 is 0 Å². The van der Waals surface area contributed by atoms with E-state index >= 15 is 0 Å². The monoisotopic (exact) mass is 316 g/mol. The molecule has 0 spiro atoms. The van der Waals surface area contributed by atoms with Crippen LogP contribution in [0.1, 0.15) is 15.9 Å². The van der Waals surface area contributed by atoms with Gasteiger partial charge < -0.3 is 4.90 Å². The molecule has 0 atom stereocenters. The number of rotatable bonds is 2. The number of anilines is 1. The number of aryl methyl sites for hydroxylation is 1. The van der Waals surface area contributed by atoms with Crippen LogP contribution >= 0.6 is 11.6 Å². The Morgan fingerprint density at radius 2 is 1.91 bits per heavy atom. The third-order valence-electron chi connectivity index (χ3n) is 4.02. The van der Waals surface area contributed by atoms with Crippen LogP contribution in [-0.4, -0.2) is 37.0 Å². The fourth-order valence-corrected chi connectivity index (χ4v) is 2.82. The van der Waals surface area contributed by atoms with Crippen molar-refractivity contribution in [2.75, 3.05) is 31.1 Å². The Bertz CT molecular complexity index is 667. The van der Waals surface area contributed by atoms with E-state index < -0.39 is 0 Å². The molecule has 1 aromatic heterocycles. The molecule has 1 saturated heterocycles. The van der Waals surface area contributed by atoms with Gasteiger partial charge in [0.25, 0.3) is 11.7 Å². The van der Waals surface area contributed by atoms with Gasteiger partial charge in [-0.05, 0) is 30.7 Å². The number of hydrogen-bond acceptors (Lipinski definition) is 2. The zero-order chi connectivity index (χ0) is 15.5. The highest BCUT2D eigenvalue weighted by molar-refractivity contribution is 6.31. The van der Waals surface area contributed by atoms with E-state index in [1.54, 1.807) is 6.07 Å². The summed E-state index contributed by atoms with van der Waals surface area (Å²) in [5.74, 6) is 1.14. The highest BCUT2D eigenvalue weighted by atomic mass is 35.5. The van der Waals surface area contributed by atoms with E-state index in [1.807, 2.05) is 42.3 Å². The summed E-state index contributed by atoms with van der Waals surface area (Å²) >= 11 is 6.12. The molecule has 1 aromatic carbocycles. The lowest BCUT2D eigenvalue weighted by molar-refractivity contribution is -0.364. The predicted molar refractivity (Wildman–Crippen MR) is 87.3 cm³/mol. The molecule has 22 heavy (non-hydrogen) atoms. The second kappa shape index (κ2) is 6.36. The first-order chi connectivity index (χ1) is 10.6. The highest BCUT2D eigenvalue weighted by Gasteiger charge is 2.26. The normalized spacial score (nSPS) is 15.0. The molecule has 2 heterocycles. The van der Waals surface area contributed by atoms with E-state index in [2.05, 4.69) is 16.0 Å². The molecule has 1 N–H and O–H groups in total. The number of carbonyl (C=O) groups is 1. The zero-order valence-electron chi connectivity index (χ0n) is 12.6. The maximum absolute atomic E-state index is 12.5. The number of aromatic nitrogens is 1. The van der Waals surface area contributed by atoms with E-state index in [0.717, 1.165) is 24.5 Å². The third-order valence-corrected chi connectivity index (χ3v) is 4.43. The Balaban J connectivity index is 1.66. The fraction of sp³-hybridized carbons (Fsp3) is 0.294. The molecule has 0 aliphatic carbocycles. The van der Waals surface area contributed by atoms with Crippen molar-refractivity contribution >= 4 is 23.3 Å². The first-order valence-corrected chi connectivity index (χ1v) is 7.80. The van der Waals surface area contributed by atoms with Gasteiger partial charge in [0.15, 0.2) is 0 Å². The molecule has 0 saturated carbocycles. The molecular formula is C17H19ClN3O+. The van der Waals surface area contributed by atoms with Crippen molar-refractivity contribution in [2.45, 2.75) is 6.92 Å². The number of carbonyl (C=O) groups excluding carboxylic acids is 1. The van der Waals surface area contributed by atoms with E-state index in [0.29, 0.717) is 23.7 Å². The average molecular weight is 317 g/mol. The summed E-state index contributed by atoms with van der Waals surface area (Å²) in [4.78, 5) is 19.9. The van der Waals surface area contributed by atoms with Crippen molar-refractivity contribution in [3.63, 3.8) is 0 Å². The number of halogens is 1. The maximum atomic E-state index is 12.5. The summed E-state index contributed by atoms with van der Waals surface area (Å²) in [6.45, 7) is 5.02. The van der Waals surface area contributed by atoms with Crippen LogP contribution in [0.15, 0.2) is 42.6 Å². The number of nitrogens with zero attached hydrogens (tertiary/aromatic N) is 2. The molecule has 1 aliphatic rings. The van der Waals surface area contributed by atoms with Gasteiger partial charge in [-0.3, -0.25) is 9.69 Å². The minimum atomic E-state index is 0.0543. The van der Waals surface area contributed by atoms with Gasteiger partial charge in [-0.15, -0.1) is 0 Å². The van der Waals surface area contributed by atoms with Crippen LogP contribution in [0.3, 0.4) is 0 Å². The van der Waals surface area contributed by atoms with Crippen LogP contribution in [0, 0.1) is 6.92 Å². The van der Waals surface area contributed by atoms with Gasteiger partial charge in [0, 0.05) is 16.7 Å². The number of piperazine rings is 1. The first-order valence-electron chi connectivity index (χ1n) is 7.42. The van der Waals surface area contributed by atoms with E-state index in [-0.39, 0.29) is 5.91 Å². The van der Waals surface area contributed by atoms with Gasteiger partial charge in [-0.1, -0.05) is 23.7 Å². The van der Waals surface area contributed by atoms with Gasteiger partial charge in [-0.25, -0.2) is 4.98 Å². The Morgan fingerprint density at radius 1 is 1.14 bits per heavy atom. The van der Waals surface area contributed by atoms with Crippen molar-refractivity contribution in [1.82, 2.24) is 4.90 Å². The molecule has 1 amide bonds. The smallest absolute Gasteiger partial charge is 0.274 e. The summed E-state index contributed by atoms with van der Waals surface area (Å²) in [5, 5.41) is 0.642. The largest absolute Gasteiger partial charge is 0.331 e. The first kappa shape index (κ1) is 14.9. The number of hydrogen-bond donors (Lipinski definition) is 0. The Hall–Kier alpha value is -2.07. The lowest BCUT2D eigenvalue weighted by Gasteiger charge is -2.31. The van der Waals surface area contributed by atoms with Crippen LogP contribution in [0.25, 0.3) is 0 Å². The number of amides is 1. The van der Waals surface area contributed by atoms with E-state index in [1.165, 1.54) is 0 Å². The lowest BCUT2D eigenvalue weighted by atomic mass is 10.1. The predicted octanol–water partition coefficient (Wildman–Crippen LogP) is 2.42. The minimum absolute atomic E-state index is 0.0543. The average Bonchev–Trinajstić information content (AvgIpc) is 2.58. The van der Waals surface area contributed by atoms with Crippen molar-refractivity contribution < 1.29 is 9.78 Å². The molecule has 2 aromatic rings. The SMILES string of the molecule is Cc1ccc(C(=O)N2CCN(c3cccc[nH+]3)CC2)cc1Cl. The number of aromatic amines is 1. The Morgan fingerprint density at radius 3 is 2.55 bits per heavy atom. The summed E-state index contributed by atoms with van der Waals surface area (Å²) in [7, 11) is 0. The number of benzene rings is 1. The summed E-state index contributed by atoms with van der Waals surface area (Å²) in [6, 6.07) is 11.5. The van der Waals surface area contributed by atoms with E-state index in [4.69, 9.17) is 11.6 Å². The van der Waals surface area contributed by atoms with Crippen molar-refractivity contribution in [2.24, 2.45) is 0 Å². The molecule has 1 aliphatic heterocycles. The summed E-state index contributed by atoms with van der Waals surface area (Å²) < 4.78 is 0. The quantitative estimate of drug-likeness (QED) is 0.853. The number of pyridine rings is 1. The van der Waals surface area contributed by atoms with Gasteiger partial charge in [0.2, 0.25) is 0 Å². The molecule has 0 unspecified atom stereocenters.